The maximum Gasteiger partial charge on any atom is 0.309 e. The molecule has 2 atom stereocenters. The Morgan fingerprint density at radius 2 is 1.61 bits per heavy atom. The lowest BCUT2D eigenvalue weighted by molar-refractivity contribution is -0.160. The van der Waals surface area contributed by atoms with Crippen LogP contribution in [0.25, 0.3) is 0 Å². The second-order valence-electron chi connectivity index (χ2n) is 10.7. The standard InChI is InChI=1S/C28H46O3/c1-6-8-22-13-16-24(17-14-22)26(29)20-19-25(27(30)31-28(3,4)5)18-15-23-11-9-21(7-2)10-12-23/h9-12,22,24-26,29H,6-8,13-20H2,1-5H3. The number of aliphatic hydroxyl groups excluding tert-OH is 1. The molecule has 1 aromatic carbocycles. The van der Waals surface area contributed by atoms with Crippen molar-refractivity contribution in [3.63, 3.8) is 0 Å². The smallest absolute Gasteiger partial charge is 0.309 e. The van der Waals surface area contributed by atoms with E-state index in [0.717, 1.165) is 38.0 Å². The number of rotatable bonds is 11. The van der Waals surface area contributed by atoms with Crippen LogP contribution in [-0.4, -0.2) is 22.8 Å². The fourth-order valence-corrected chi connectivity index (χ4v) is 4.93. The van der Waals surface area contributed by atoms with Gasteiger partial charge in [-0.25, -0.2) is 0 Å². The summed E-state index contributed by atoms with van der Waals surface area (Å²) in [5.41, 5.74) is 2.12. The number of aliphatic hydroxyl groups is 1. The third kappa shape index (κ3) is 9.35. The minimum atomic E-state index is -0.478. The van der Waals surface area contributed by atoms with Gasteiger partial charge in [0.1, 0.15) is 5.60 Å². The molecule has 1 saturated carbocycles. The molecule has 0 spiro atoms. The number of aryl methyl sites for hydroxylation is 2. The predicted molar refractivity (Wildman–Crippen MR) is 129 cm³/mol. The second-order valence-corrected chi connectivity index (χ2v) is 10.7. The Morgan fingerprint density at radius 1 is 1.00 bits per heavy atom. The van der Waals surface area contributed by atoms with Gasteiger partial charge in [0.15, 0.2) is 0 Å². The molecule has 176 valence electrons. The largest absolute Gasteiger partial charge is 0.460 e. The maximum absolute atomic E-state index is 12.9. The molecule has 0 bridgehead atoms. The van der Waals surface area contributed by atoms with E-state index in [1.54, 1.807) is 0 Å². The minimum Gasteiger partial charge on any atom is -0.460 e. The lowest BCUT2D eigenvalue weighted by Crippen LogP contribution is -2.31. The van der Waals surface area contributed by atoms with E-state index in [9.17, 15) is 9.90 Å². The van der Waals surface area contributed by atoms with E-state index >= 15 is 0 Å². The van der Waals surface area contributed by atoms with Crippen LogP contribution >= 0.6 is 0 Å². The molecule has 1 aliphatic rings. The molecule has 1 fully saturated rings. The van der Waals surface area contributed by atoms with E-state index in [-0.39, 0.29) is 18.0 Å². The van der Waals surface area contributed by atoms with Crippen molar-refractivity contribution in [3.8, 4) is 0 Å². The molecule has 0 amide bonds. The Morgan fingerprint density at radius 3 is 2.16 bits per heavy atom. The average Bonchev–Trinajstić information content (AvgIpc) is 2.73. The molecule has 1 N–H and O–H groups in total. The molecule has 2 rings (SSSR count). The van der Waals surface area contributed by atoms with Crippen LogP contribution in [0.4, 0.5) is 0 Å². The van der Waals surface area contributed by atoms with E-state index in [1.165, 1.54) is 36.8 Å². The molecular weight excluding hydrogens is 384 g/mol. The van der Waals surface area contributed by atoms with Crippen LogP contribution in [-0.2, 0) is 22.4 Å². The summed E-state index contributed by atoms with van der Waals surface area (Å²) in [6, 6.07) is 8.70. The van der Waals surface area contributed by atoms with Crippen molar-refractivity contribution in [1.29, 1.82) is 0 Å². The van der Waals surface area contributed by atoms with Crippen LogP contribution in [0.1, 0.15) is 104 Å². The van der Waals surface area contributed by atoms with Crippen molar-refractivity contribution >= 4 is 5.97 Å². The highest BCUT2D eigenvalue weighted by Crippen LogP contribution is 2.35. The minimum absolute atomic E-state index is 0.114. The molecule has 3 heteroatoms. The Hall–Kier alpha value is -1.35. The quantitative estimate of drug-likeness (QED) is 0.389. The summed E-state index contributed by atoms with van der Waals surface area (Å²) >= 11 is 0. The molecule has 1 aliphatic carbocycles. The topological polar surface area (TPSA) is 46.5 Å². The van der Waals surface area contributed by atoms with Crippen molar-refractivity contribution in [2.24, 2.45) is 17.8 Å². The highest BCUT2D eigenvalue weighted by Gasteiger charge is 2.29. The normalized spacial score (nSPS) is 21.5. The summed E-state index contributed by atoms with van der Waals surface area (Å²) in [5.74, 6) is 0.976. The zero-order valence-corrected chi connectivity index (χ0v) is 20.7. The van der Waals surface area contributed by atoms with Crippen LogP contribution in [0.15, 0.2) is 24.3 Å². The van der Waals surface area contributed by atoms with Crippen LogP contribution < -0.4 is 0 Å². The Bertz CT molecular complexity index is 635. The first-order chi connectivity index (χ1) is 14.7. The number of hydrogen-bond acceptors (Lipinski definition) is 3. The third-order valence-electron chi connectivity index (χ3n) is 6.90. The van der Waals surface area contributed by atoms with Gasteiger partial charge in [-0.05, 0) is 88.7 Å². The van der Waals surface area contributed by atoms with Gasteiger partial charge in [0.2, 0.25) is 0 Å². The van der Waals surface area contributed by atoms with Gasteiger partial charge in [-0.2, -0.15) is 0 Å². The highest BCUT2D eigenvalue weighted by atomic mass is 16.6. The van der Waals surface area contributed by atoms with Crippen LogP contribution in [0.3, 0.4) is 0 Å². The first-order valence-corrected chi connectivity index (χ1v) is 12.7. The van der Waals surface area contributed by atoms with Crippen molar-refractivity contribution in [3.05, 3.63) is 35.4 Å². The van der Waals surface area contributed by atoms with Gasteiger partial charge in [0, 0.05) is 0 Å². The van der Waals surface area contributed by atoms with Crippen molar-refractivity contribution in [2.45, 2.75) is 117 Å². The number of benzene rings is 1. The molecule has 0 radical (unpaired) electrons. The first kappa shape index (κ1) is 25.9. The Labute approximate surface area is 191 Å². The van der Waals surface area contributed by atoms with Gasteiger partial charge in [-0.1, -0.05) is 63.8 Å². The summed E-state index contributed by atoms with van der Waals surface area (Å²) in [6.07, 6.45) is 11.1. The van der Waals surface area contributed by atoms with Crippen LogP contribution in [0, 0.1) is 17.8 Å². The van der Waals surface area contributed by atoms with E-state index < -0.39 is 5.60 Å². The Kier molecular flexibility index (Phi) is 10.6. The highest BCUT2D eigenvalue weighted by molar-refractivity contribution is 5.72. The van der Waals surface area contributed by atoms with E-state index in [4.69, 9.17) is 4.74 Å². The average molecular weight is 431 g/mol. The second kappa shape index (κ2) is 12.6. The van der Waals surface area contributed by atoms with Crippen LogP contribution in [0.2, 0.25) is 0 Å². The van der Waals surface area contributed by atoms with E-state index in [1.807, 2.05) is 20.8 Å². The summed E-state index contributed by atoms with van der Waals surface area (Å²) in [5, 5.41) is 10.8. The summed E-state index contributed by atoms with van der Waals surface area (Å²) in [7, 11) is 0. The molecule has 31 heavy (non-hydrogen) atoms. The monoisotopic (exact) mass is 430 g/mol. The van der Waals surface area contributed by atoms with Crippen molar-refractivity contribution in [1.82, 2.24) is 0 Å². The van der Waals surface area contributed by atoms with Gasteiger partial charge < -0.3 is 9.84 Å². The first-order valence-electron chi connectivity index (χ1n) is 12.7. The number of esters is 1. The maximum atomic E-state index is 12.9. The lowest BCUT2D eigenvalue weighted by atomic mass is 9.76. The molecule has 0 aromatic heterocycles. The SMILES string of the molecule is CCCC1CCC(C(O)CCC(CCc2ccc(CC)cc2)C(=O)OC(C)(C)C)CC1. The summed E-state index contributed by atoms with van der Waals surface area (Å²) in [6.45, 7) is 10.2. The predicted octanol–water partition coefficient (Wildman–Crippen LogP) is 6.89. The molecule has 0 saturated heterocycles. The van der Waals surface area contributed by atoms with Crippen molar-refractivity contribution in [2.75, 3.05) is 0 Å². The molecule has 0 aliphatic heterocycles. The van der Waals surface area contributed by atoms with Gasteiger partial charge >= 0.3 is 5.97 Å². The van der Waals surface area contributed by atoms with Crippen molar-refractivity contribution < 1.29 is 14.6 Å². The molecule has 1 aromatic rings. The van der Waals surface area contributed by atoms with E-state index in [2.05, 4.69) is 38.1 Å². The lowest BCUT2D eigenvalue weighted by Gasteiger charge is -2.32. The molecule has 0 heterocycles. The molecule has 2 unspecified atom stereocenters. The zero-order valence-electron chi connectivity index (χ0n) is 20.7. The van der Waals surface area contributed by atoms with Gasteiger partial charge in [-0.3, -0.25) is 4.79 Å². The zero-order chi connectivity index (χ0) is 22.9. The fourth-order valence-electron chi connectivity index (χ4n) is 4.93. The third-order valence-corrected chi connectivity index (χ3v) is 6.90. The van der Waals surface area contributed by atoms with E-state index in [0.29, 0.717) is 18.8 Å². The summed E-state index contributed by atoms with van der Waals surface area (Å²) in [4.78, 5) is 12.9. The van der Waals surface area contributed by atoms with Crippen LogP contribution in [0.5, 0.6) is 0 Å². The molecular formula is C28H46O3. The number of carbonyl (C=O) groups excluding carboxylic acids is 1. The van der Waals surface area contributed by atoms with Gasteiger partial charge in [0.05, 0.1) is 12.0 Å². The number of ether oxygens (including phenoxy) is 1. The molecule has 3 nitrogen and oxygen atoms in total. The number of carbonyl (C=O) groups is 1. The van der Waals surface area contributed by atoms with Gasteiger partial charge in [0.25, 0.3) is 0 Å². The fraction of sp³-hybridized carbons (Fsp3) is 0.750. The number of hydrogen-bond donors (Lipinski definition) is 1. The summed E-state index contributed by atoms with van der Waals surface area (Å²) < 4.78 is 5.72. The van der Waals surface area contributed by atoms with Gasteiger partial charge in [-0.15, -0.1) is 0 Å². The Balaban J connectivity index is 1.90.